The molecule has 0 spiro atoms. The van der Waals surface area contributed by atoms with Crippen molar-refractivity contribution in [2.45, 2.75) is 30.0 Å². The minimum absolute atomic E-state index is 0.00712. The summed E-state index contributed by atoms with van der Waals surface area (Å²) in [4.78, 5) is 46.8. The number of carboxylic acids is 3. The van der Waals surface area contributed by atoms with Crippen LogP contribution in [0.2, 0.25) is 5.28 Å². The van der Waals surface area contributed by atoms with Crippen molar-refractivity contribution in [3.05, 3.63) is 47.0 Å². The molecule has 3 atom stereocenters. The topological polar surface area (TPSA) is 220 Å². The van der Waals surface area contributed by atoms with E-state index < -0.39 is 61.1 Å². The van der Waals surface area contributed by atoms with Crippen molar-refractivity contribution >= 4 is 46.5 Å². The fourth-order valence-corrected chi connectivity index (χ4v) is 4.12. The van der Waals surface area contributed by atoms with E-state index in [-0.39, 0.29) is 33.4 Å². The molecule has 196 valence electrons. The number of benzene rings is 1. The molecule has 0 aliphatic carbocycles. The largest absolute Gasteiger partial charge is 0.479 e. The number of fused-ring (bicyclic) bond motifs is 1. The van der Waals surface area contributed by atoms with Crippen LogP contribution in [-0.2, 0) is 31.3 Å². The third-order valence-corrected chi connectivity index (χ3v) is 6.08. The highest BCUT2D eigenvalue weighted by Gasteiger charge is 2.55. The minimum atomic E-state index is -2.90. The predicted molar refractivity (Wildman–Crippen MR) is 121 cm³/mol. The number of aliphatic hydroxyl groups is 1. The van der Waals surface area contributed by atoms with Gasteiger partial charge in [-0.25, -0.2) is 23.8 Å². The summed E-state index contributed by atoms with van der Waals surface area (Å²) in [6, 6.07) is 4.98. The molecule has 1 aliphatic heterocycles. The third-order valence-electron chi connectivity index (χ3n) is 5.91. The smallest absolute Gasteiger partial charge is 0.348 e. The second-order valence-corrected chi connectivity index (χ2v) is 8.55. The first kappa shape index (κ1) is 26.2. The van der Waals surface area contributed by atoms with Gasteiger partial charge in [-0.15, -0.1) is 0 Å². The molecular weight excluding hydrogens is 521 g/mol. The maximum atomic E-state index is 16.0. The van der Waals surface area contributed by atoms with Crippen molar-refractivity contribution < 1.29 is 48.7 Å². The summed E-state index contributed by atoms with van der Waals surface area (Å²) in [6.07, 6.45) is -3.28. The molecule has 0 saturated carbocycles. The quantitative estimate of drug-likeness (QED) is 0.183. The van der Waals surface area contributed by atoms with Gasteiger partial charge in [0.05, 0.1) is 18.5 Å². The van der Waals surface area contributed by atoms with Gasteiger partial charge in [0.2, 0.25) is 11.1 Å². The number of anilines is 1. The average Bonchev–Trinajstić information content (AvgIpc) is 3.38. The molecule has 1 aliphatic rings. The van der Waals surface area contributed by atoms with Crippen LogP contribution in [0.5, 0.6) is 0 Å². The monoisotopic (exact) mass is 539 g/mol. The number of aromatic nitrogens is 4. The number of nitrogens with two attached hydrogens (primary N) is 1. The molecule has 3 heterocycles. The molecule has 1 saturated heterocycles. The van der Waals surface area contributed by atoms with Crippen LogP contribution in [0.25, 0.3) is 11.2 Å². The van der Waals surface area contributed by atoms with Crippen LogP contribution in [0.1, 0.15) is 15.9 Å². The number of hydrogen-bond donors (Lipinski definition) is 5. The molecular formula is C21H19ClFN5O9. The number of alkyl halides is 1. The van der Waals surface area contributed by atoms with Crippen LogP contribution >= 0.6 is 11.6 Å². The average molecular weight is 540 g/mol. The number of halogens is 2. The van der Waals surface area contributed by atoms with Crippen LogP contribution in [0.3, 0.4) is 0 Å². The first-order valence-electron chi connectivity index (χ1n) is 10.5. The molecule has 16 heteroatoms. The number of ether oxygens (including phenoxy) is 2. The van der Waals surface area contributed by atoms with Gasteiger partial charge in [0.15, 0.2) is 11.5 Å². The second kappa shape index (κ2) is 9.51. The highest BCUT2D eigenvalue weighted by molar-refractivity contribution is 6.28. The fourth-order valence-electron chi connectivity index (χ4n) is 3.95. The van der Waals surface area contributed by atoms with E-state index in [0.29, 0.717) is 0 Å². The van der Waals surface area contributed by atoms with Gasteiger partial charge in [-0.05, 0) is 29.3 Å². The molecule has 0 unspecified atom stereocenters. The second-order valence-electron chi connectivity index (χ2n) is 8.21. The van der Waals surface area contributed by atoms with Crippen LogP contribution in [0.15, 0.2) is 30.6 Å². The van der Waals surface area contributed by atoms with E-state index in [2.05, 4.69) is 15.0 Å². The van der Waals surface area contributed by atoms with E-state index in [1.807, 2.05) is 0 Å². The molecule has 3 aromatic rings. The van der Waals surface area contributed by atoms with E-state index in [1.165, 1.54) is 18.2 Å². The summed E-state index contributed by atoms with van der Waals surface area (Å²) in [7, 11) is 0. The van der Waals surface area contributed by atoms with E-state index in [0.717, 1.165) is 17.0 Å². The SMILES string of the molecule is Nc1nc(Cl)nc2c1ncn2[C@]1(F)CO[C@H](COC(Cc2cccc(C(=O)O)c2)(C(=O)O)C(=O)O)[C@H]1O. The number of carbonyl (C=O) groups is 3. The van der Waals surface area contributed by atoms with Gasteiger partial charge in [0.1, 0.15) is 24.3 Å². The zero-order chi connectivity index (χ0) is 27.1. The maximum absolute atomic E-state index is 16.0. The normalized spacial score (nSPS) is 21.8. The van der Waals surface area contributed by atoms with E-state index in [1.54, 1.807) is 0 Å². The van der Waals surface area contributed by atoms with Crippen molar-refractivity contribution in [2.24, 2.45) is 0 Å². The van der Waals surface area contributed by atoms with Gasteiger partial charge in [0, 0.05) is 6.42 Å². The Bertz CT molecular complexity index is 1390. The number of imidazole rings is 1. The van der Waals surface area contributed by atoms with Gasteiger partial charge in [0.25, 0.3) is 5.60 Å². The summed E-state index contributed by atoms with van der Waals surface area (Å²) >= 11 is 5.80. The molecule has 1 fully saturated rings. The molecule has 0 bridgehead atoms. The summed E-state index contributed by atoms with van der Waals surface area (Å²) in [6.45, 7) is -1.61. The van der Waals surface area contributed by atoms with Crippen LogP contribution in [-0.4, -0.2) is 88.9 Å². The van der Waals surface area contributed by atoms with E-state index >= 15 is 4.39 Å². The number of nitrogens with zero attached hydrogens (tertiary/aromatic N) is 4. The van der Waals surface area contributed by atoms with Crippen LogP contribution in [0.4, 0.5) is 10.2 Å². The Kier molecular flexibility index (Phi) is 6.72. The van der Waals surface area contributed by atoms with E-state index in [9.17, 15) is 29.7 Å². The lowest BCUT2D eigenvalue weighted by Crippen LogP contribution is -2.53. The number of aliphatic carboxylic acids is 2. The Morgan fingerprint density at radius 3 is 2.62 bits per heavy atom. The molecule has 37 heavy (non-hydrogen) atoms. The maximum Gasteiger partial charge on any atom is 0.348 e. The predicted octanol–water partition coefficient (Wildman–Crippen LogP) is 0.309. The first-order chi connectivity index (χ1) is 17.4. The fraction of sp³-hybridized carbons (Fsp3) is 0.333. The van der Waals surface area contributed by atoms with Crippen LogP contribution < -0.4 is 5.73 Å². The number of aliphatic hydroxyl groups excluding tert-OH is 1. The lowest BCUT2D eigenvalue weighted by molar-refractivity contribution is -0.188. The number of hydrogen-bond acceptors (Lipinski definition) is 10. The number of rotatable bonds is 9. The van der Waals surface area contributed by atoms with Crippen molar-refractivity contribution in [2.75, 3.05) is 18.9 Å². The summed E-state index contributed by atoms with van der Waals surface area (Å²) < 4.78 is 27.4. The highest BCUT2D eigenvalue weighted by Crippen LogP contribution is 2.37. The first-order valence-corrected chi connectivity index (χ1v) is 10.8. The molecule has 2 aromatic heterocycles. The van der Waals surface area contributed by atoms with Crippen LogP contribution in [0, 0.1) is 0 Å². The van der Waals surface area contributed by atoms with Crippen molar-refractivity contribution in [3.8, 4) is 0 Å². The van der Waals surface area contributed by atoms with Gasteiger partial charge < -0.3 is 35.6 Å². The lowest BCUT2D eigenvalue weighted by atomic mass is 9.93. The summed E-state index contributed by atoms with van der Waals surface area (Å²) in [5, 5.41) is 39.1. The molecule has 4 rings (SSSR count). The lowest BCUT2D eigenvalue weighted by Gasteiger charge is -2.29. The number of carboxylic acid groups (broad SMARTS) is 3. The summed E-state index contributed by atoms with van der Waals surface area (Å²) in [5.41, 5.74) is 2.52. The standard InChI is InChI=1S/C21H19ClFN5O9/c22-19-26-14(24)12-15(27-19)28(8-25-12)21(23)7-36-11(13(21)29)6-37-20(17(32)33,18(34)35)5-9-2-1-3-10(4-9)16(30)31/h1-4,8,11,13,29H,5-7H2,(H,30,31)(H,32,33)(H,34,35)(H2,24,26,27)/t11-,13-,21-/m1/s1. The van der Waals surface area contributed by atoms with Crippen molar-refractivity contribution in [1.29, 1.82) is 0 Å². The zero-order valence-electron chi connectivity index (χ0n) is 18.6. The molecule has 6 N–H and O–H groups in total. The molecule has 0 radical (unpaired) electrons. The number of nitrogen functional groups attached to an aromatic ring is 1. The molecule has 14 nitrogen and oxygen atoms in total. The van der Waals surface area contributed by atoms with Crippen molar-refractivity contribution in [3.63, 3.8) is 0 Å². The molecule has 0 amide bonds. The highest BCUT2D eigenvalue weighted by atomic mass is 35.5. The Morgan fingerprint density at radius 1 is 1.27 bits per heavy atom. The van der Waals surface area contributed by atoms with Gasteiger partial charge in [-0.1, -0.05) is 12.1 Å². The van der Waals surface area contributed by atoms with Gasteiger partial charge in [-0.2, -0.15) is 9.97 Å². The number of aromatic carboxylic acids is 1. The Hall–Kier alpha value is -3.92. The Balaban J connectivity index is 1.59. The Labute approximate surface area is 211 Å². The van der Waals surface area contributed by atoms with Crippen molar-refractivity contribution in [1.82, 2.24) is 19.5 Å². The van der Waals surface area contributed by atoms with Gasteiger partial charge >= 0.3 is 17.9 Å². The van der Waals surface area contributed by atoms with Gasteiger partial charge in [-0.3, -0.25) is 4.57 Å². The third kappa shape index (κ3) is 4.53. The minimum Gasteiger partial charge on any atom is -0.479 e. The van der Waals surface area contributed by atoms with E-state index in [4.69, 9.17) is 31.9 Å². The zero-order valence-corrected chi connectivity index (χ0v) is 19.4. The Morgan fingerprint density at radius 2 is 1.97 bits per heavy atom. The summed E-state index contributed by atoms with van der Waals surface area (Å²) in [5.74, 6) is -7.92. The molecule has 1 aromatic carbocycles.